The fourth-order valence-corrected chi connectivity index (χ4v) is 1.72. The Labute approximate surface area is 116 Å². The van der Waals surface area contributed by atoms with Crippen LogP contribution in [0.15, 0.2) is 30.3 Å². The highest BCUT2D eigenvalue weighted by Gasteiger charge is 2.02. The number of nitrogen functional groups attached to an aromatic ring is 1. The van der Waals surface area contributed by atoms with Crippen LogP contribution >= 0.6 is 11.6 Å². The van der Waals surface area contributed by atoms with Crippen LogP contribution in [0.5, 0.6) is 0 Å². The summed E-state index contributed by atoms with van der Waals surface area (Å²) in [6, 6.07) is 9.30. The van der Waals surface area contributed by atoms with E-state index >= 15 is 0 Å². The smallest absolute Gasteiger partial charge is 0.158 e. The summed E-state index contributed by atoms with van der Waals surface area (Å²) in [6.45, 7) is 0.973. The second kappa shape index (κ2) is 6.36. The van der Waals surface area contributed by atoms with Crippen molar-refractivity contribution in [3.05, 3.63) is 46.7 Å². The van der Waals surface area contributed by atoms with Gasteiger partial charge in [-0.2, -0.15) is 0 Å². The van der Waals surface area contributed by atoms with Gasteiger partial charge in [-0.25, -0.2) is 9.97 Å². The third-order valence-corrected chi connectivity index (χ3v) is 2.70. The molecule has 0 saturated carbocycles. The Balaban J connectivity index is 2.04. The molecule has 0 aliphatic rings. The number of nitrogens with two attached hydrogens (primary N) is 1. The van der Waals surface area contributed by atoms with Crippen molar-refractivity contribution in [1.82, 2.24) is 9.97 Å². The summed E-state index contributed by atoms with van der Waals surface area (Å²) in [5.41, 5.74) is 6.82. The zero-order chi connectivity index (χ0) is 13.7. The molecule has 0 aliphatic heterocycles. The minimum atomic E-state index is 0.334. The van der Waals surface area contributed by atoms with Crippen LogP contribution in [0.1, 0.15) is 11.4 Å². The molecule has 5 nitrogen and oxygen atoms in total. The van der Waals surface area contributed by atoms with E-state index in [1.807, 2.05) is 24.3 Å². The molecular weight excluding hydrogens is 264 g/mol. The van der Waals surface area contributed by atoms with Gasteiger partial charge >= 0.3 is 0 Å². The van der Waals surface area contributed by atoms with Crippen LogP contribution in [-0.2, 0) is 17.9 Å². The summed E-state index contributed by atoms with van der Waals surface area (Å²) in [6.07, 6.45) is 0. The van der Waals surface area contributed by atoms with Crippen molar-refractivity contribution in [2.75, 3.05) is 18.2 Å². The standard InChI is InChI=1S/C13H15ClN4O/c1-19-8-13-17-11(15)6-12(18-13)16-7-9-2-4-10(14)5-3-9/h2-6H,7-8H2,1H3,(H3,15,16,17,18). The SMILES string of the molecule is COCc1nc(N)cc(NCc2ccc(Cl)cc2)n1. The zero-order valence-corrected chi connectivity index (χ0v) is 11.3. The first-order valence-electron chi connectivity index (χ1n) is 5.78. The van der Waals surface area contributed by atoms with Gasteiger partial charge in [-0.3, -0.25) is 0 Å². The van der Waals surface area contributed by atoms with E-state index in [-0.39, 0.29) is 0 Å². The number of rotatable bonds is 5. The van der Waals surface area contributed by atoms with E-state index in [9.17, 15) is 0 Å². The third kappa shape index (κ3) is 4.08. The molecule has 0 amide bonds. The summed E-state index contributed by atoms with van der Waals surface area (Å²) in [5, 5.41) is 3.91. The van der Waals surface area contributed by atoms with Crippen LogP contribution < -0.4 is 11.1 Å². The Morgan fingerprint density at radius 3 is 2.68 bits per heavy atom. The molecular formula is C13H15ClN4O. The van der Waals surface area contributed by atoms with E-state index in [0.717, 1.165) is 10.6 Å². The highest BCUT2D eigenvalue weighted by Crippen LogP contribution is 2.13. The van der Waals surface area contributed by atoms with Crippen molar-refractivity contribution in [3.8, 4) is 0 Å². The van der Waals surface area contributed by atoms with Crippen molar-refractivity contribution < 1.29 is 4.74 Å². The molecule has 0 atom stereocenters. The van der Waals surface area contributed by atoms with E-state index in [4.69, 9.17) is 22.1 Å². The summed E-state index contributed by atoms with van der Waals surface area (Å²) < 4.78 is 4.99. The van der Waals surface area contributed by atoms with Gasteiger partial charge in [0, 0.05) is 24.7 Å². The van der Waals surface area contributed by atoms with Gasteiger partial charge in [-0.15, -0.1) is 0 Å². The van der Waals surface area contributed by atoms with Crippen molar-refractivity contribution >= 4 is 23.2 Å². The minimum absolute atomic E-state index is 0.334. The largest absolute Gasteiger partial charge is 0.384 e. The molecule has 1 aromatic carbocycles. The maximum atomic E-state index is 5.83. The average Bonchev–Trinajstić information content (AvgIpc) is 2.38. The predicted molar refractivity (Wildman–Crippen MR) is 75.9 cm³/mol. The van der Waals surface area contributed by atoms with Gasteiger partial charge < -0.3 is 15.8 Å². The molecule has 3 N–H and O–H groups in total. The fourth-order valence-electron chi connectivity index (χ4n) is 1.60. The van der Waals surface area contributed by atoms with E-state index in [2.05, 4.69) is 15.3 Å². The number of halogens is 1. The van der Waals surface area contributed by atoms with Gasteiger partial charge in [-0.1, -0.05) is 23.7 Å². The van der Waals surface area contributed by atoms with E-state index in [1.165, 1.54) is 0 Å². The molecule has 0 spiro atoms. The predicted octanol–water partition coefficient (Wildman–Crippen LogP) is 2.47. The van der Waals surface area contributed by atoms with Crippen molar-refractivity contribution in [2.24, 2.45) is 0 Å². The fraction of sp³-hybridized carbons (Fsp3) is 0.231. The number of nitrogens with zero attached hydrogens (tertiary/aromatic N) is 2. The van der Waals surface area contributed by atoms with E-state index in [1.54, 1.807) is 13.2 Å². The normalized spacial score (nSPS) is 10.4. The van der Waals surface area contributed by atoms with Gasteiger partial charge in [0.15, 0.2) is 5.82 Å². The van der Waals surface area contributed by atoms with Crippen molar-refractivity contribution in [3.63, 3.8) is 0 Å². The number of hydrogen-bond donors (Lipinski definition) is 2. The summed E-state index contributed by atoms with van der Waals surface area (Å²) in [4.78, 5) is 8.38. The Morgan fingerprint density at radius 2 is 2.00 bits per heavy atom. The first-order valence-corrected chi connectivity index (χ1v) is 6.16. The number of anilines is 2. The lowest BCUT2D eigenvalue weighted by Crippen LogP contribution is -2.07. The van der Waals surface area contributed by atoms with E-state index in [0.29, 0.717) is 30.6 Å². The Hall–Kier alpha value is -1.85. The molecule has 100 valence electrons. The topological polar surface area (TPSA) is 73.1 Å². The molecule has 19 heavy (non-hydrogen) atoms. The van der Waals surface area contributed by atoms with Gasteiger partial charge in [0.1, 0.15) is 18.2 Å². The molecule has 0 radical (unpaired) electrons. The number of methoxy groups -OCH3 is 1. The number of ether oxygens (including phenoxy) is 1. The minimum Gasteiger partial charge on any atom is -0.384 e. The quantitative estimate of drug-likeness (QED) is 0.879. The third-order valence-electron chi connectivity index (χ3n) is 2.45. The molecule has 0 saturated heterocycles. The Morgan fingerprint density at radius 1 is 1.26 bits per heavy atom. The number of aromatic nitrogens is 2. The monoisotopic (exact) mass is 278 g/mol. The van der Waals surface area contributed by atoms with Gasteiger partial charge in [0.25, 0.3) is 0 Å². The lowest BCUT2D eigenvalue weighted by Gasteiger charge is -2.08. The Bertz CT molecular complexity index is 545. The molecule has 0 fully saturated rings. The lowest BCUT2D eigenvalue weighted by molar-refractivity contribution is 0.178. The number of hydrogen-bond acceptors (Lipinski definition) is 5. The van der Waals surface area contributed by atoms with Crippen LogP contribution in [-0.4, -0.2) is 17.1 Å². The second-order valence-corrected chi connectivity index (χ2v) is 4.44. The van der Waals surface area contributed by atoms with Crippen LogP contribution in [0.25, 0.3) is 0 Å². The first-order chi connectivity index (χ1) is 9.17. The zero-order valence-electron chi connectivity index (χ0n) is 10.6. The lowest BCUT2D eigenvalue weighted by atomic mass is 10.2. The molecule has 1 aromatic heterocycles. The summed E-state index contributed by atoms with van der Waals surface area (Å²) in [7, 11) is 1.59. The molecule has 6 heteroatoms. The first kappa shape index (κ1) is 13.6. The van der Waals surface area contributed by atoms with E-state index < -0.39 is 0 Å². The van der Waals surface area contributed by atoms with Gasteiger partial charge in [-0.05, 0) is 17.7 Å². The van der Waals surface area contributed by atoms with Crippen LogP contribution in [0.4, 0.5) is 11.6 Å². The molecule has 2 aromatic rings. The summed E-state index contributed by atoms with van der Waals surface area (Å²) >= 11 is 5.83. The highest BCUT2D eigenvalue weighted by molar-refractivity contribution is 6.30. The number of benzene rings is 1. The Kier molecular flexibility index (Phi) is 4.54. The van der Waals surface area contributed by atoms with Gasteiger partial charge in [0.05, 0.1) is 0 Å². The molecule has 1 heterocycles. The number of nitrogens with one attached hydrogen (secondary N) is 1. The molecule has 2 rings (SSSR count). The molecule has 0 aliphatic carbocycles. The van der Waals surface area contributed by atoms with Crippen LogP contribution in [0.3, 0.4) is 0 Å². The molecule has 0 unspecified atom stereocenters. The van der Waals surface area contributed by atoms with Crippen molar-refractivity contribution in [1.29, 1.82) is 0 Å². The van der Waals surface area contributed by atoms with Gasteiger partial charge in [0.2, 0.25) is 0 Å². The summed E-state index contributed by atoms with van der Waals surface area (Å²) in [5.74, 6) is 1.65. The molecule has 0 bridgehead atoms. The highest BCUT2D eigenvalue weighted by atomic mass is 35.5. The van der Waals surface area contributed by atoms with Crippen LogP contribution in [0.2, 0.25) is 5.02 Å². The second-order valence-electron chi connectivity index (χ2n) is 4.01. The maximum Gasteiger partial charge on any atom is 0.158 e. The maximum absolute atomic E-state index is 5.83. The average molecular weight is 279 g/mol. The van der Waals surface area contributed by atoms with Crippen molar-refractivity contribution in [2.45, 2.75) is 13.2 Å². The van der Waals surface area contributed by atoms with Crippen LogP contribution in [0, 0.1) is 0 Å².